The molecule has 4 nitrogen and oxygen atoms in total. The van der Waals surface area contributed by atoms with Gasteiger partial charge in [0.25, 0.3) is 5.56 Å². The number of hydrogen-bond donors (Lipinski definition) is 1. The van der Waals surface area contributed by atoms with E-state index in [2.05, 4.69) is 4.98 Å². The summed E-state index contributed by atoms with van der Waals surface area (Å²) in [6, 6.07) is 11.0. The zero-order chi connectivity index (χ0) is 16.1. The average molecular weight is 322 g/mol. The van der Waals surface area contributed by atoms with Crippen molar-refractivity contribution in [2.45, 2.75) is 13.8 Å². The number of thiazole rings is 1. The molecule has 23 heavy (non-hydrogen) atoms. The highest BCUT2D eigenvalue weighted by Gasteiger charge is 2.12. The summed E-state index contributed by atoms with van der Waals surface area (Å²) >= 11 is 1.34. The molecule has 0 aliphatic heterocycles. The van der Waals surface area contributed by atoms with Gasteiger partial charge in [-0.05, 0) is 49.2 Å². The minimum atomic E-state index is -0.0981. The van der Waals surface area contributed by atoms with Crippen molar-refractivity contribution in [3.63, 3.8) is 0 Å². The van der Waals surface area contributed by atoms with E-state index in [9.17, 15) is 9.90 Å². The monoisotopic (exact) mass is 322 g/mol. The molecule has 5 heteroatoms. The summed E-state index contributed by atoms with van der Waals surface area (Å²) in [4.78, 5) is 18.0. The smallest absolute Gasteiger partial charge is 0.274 e. The SMILES string of the molecule is Cc1cc2nc3s/c(=C\c4ccccc4O)c(=O)n3c2cc1C. The van der Waals surface area contributed by atoms with Crippen molar-refractivity contribution in [1.29, 1.82) is 0 Å². The predicted molar refractivity (Wildman–Crippen MR) is 93.2 cm³/mol. The summed E-state index contributed by atoms with van der Waals surface area (Å²) in [5.41, 5.74) is 4.50. The summed E-state index contributed by atoms with van der Waals surface area (Å²) in [6.07, 6.45) is 1.71. The highest BCUT2D eigenvalue weighted by Crippen LogP contribution is 2.21. The first-order valence-electron chi connectivity index (χ1n) is 7.26. The maximum atomic E-state index is 12.7. The molecule has 2 aromatic carbocycles. The number of para-hydroxylation sites is 1. The molecule has 114 valence electrons. The molecule has 2 heterocycles. The maximum absolute atomic E-state index is 12.7. The molecule has 0 bridgehead atoms. The number of aromatic hydroxyl groups is 1. The van der Waals surface area contributed by atoms with Gasteiger partial charge in [-0.1, -0.05) is 29.5 Å². The van der Waals surface area contributed by atoms with E-state index in [1.54, 1.807) is 28.7 Å². The Morgan fingerprint density at radius 3 is 2.70 bits per heavy atom. The van der Waals surface area contributed by atoms with E-state index < -0.39 is 0 Å². The number of phenolic OH excluding ortho intramolecular Hbond substituents is 1. The fourth-order valence-electron chi connectivity index (χ4n) is 2.67. The van der Waals surface area contributed by atoms with E-state index in [4.69, 9.17) is 0 Å². The van der Waals surface area contributed by atoms with Gasteiger partial charge in [0.15, 0.2) is 4.96 Å². The van der Waals surface area contributed by atoms with Crippen molar-refractivity contribution < 1.29 is 5.11 Å². The molecule has 0 amide bonds. The van der Waals surface area contributed by atoms with Gasteiger partial charge < -0.3 is 5.11 Å². The van der Waals surface area contributed by atoms with Gasteiger partial charge in [-0.3, -0.25) is 4.79 Å². The first kappa shape index (κ1) is 14.0. The molecule has 0 saturated carbocycles. The second kappa shape index (κ2) is 4.93. The molecule has 0 spiro atoms. The van der Waals surface area contributed by atoms with Gasteiger partial charge in [0, 0.05) is 5.56 Å². The quantitative estimate of drug-likeness (QED) is 0.586. The van der Waals surface area contributed by atoms with Crippen LogP contribution >= 0.6 is 11.3 Å². The van der Waals surface area contributed by atoms with Crippen LogP contribution in [0.5, 0.6) is 5.75 Å². The zero-order valence-corrected chi connectivity index (χ0v) is 13.5. The van der Waals surface area contributed by atoms with Crippen LogP contribution in [-0.2, 0) is 0 Å². The molecule has 0 aliphatic rings. The van der Waals surface area contributed by atoms with Crippen LogP contribution in [0.4, 0.5) is 0 Å². The first-order valence-corrected chi connectivity index (χ1v) is 8.08. The van der Waals surface area contributed by atoms with Gasteiger partial charge >= 0.3 is 0 Å². The first-order chi connectivity index (χ1) is 11.0. The number of benzene rings is 2. The summed E-state index contributed by atoms with van der Waals surface area (Å²) in [7, 11) is 0. The highest BCUT2D eigenvalue weighted by molar-refractivity contribution is 7.15. The fraction of sp³-hybridized carbons (Fsp3) is 0.111. The molecule has 0 unspecified atom stereocenters. The molecule has 0 atom stereocenters. The lowest BCUT2D eigenvalue weighted by atomic mass is 10.1. The lowest BCUT2D eigenvalue weighted by Crippen LogP contribution is -2.22. The van der Waals surface area contributed by atoms with Gasteiger partial charge in [0.1, 0.15) is 5.75 Å². The van der Waals surface area contributed by atoms with E-state index in [1.807, 2.05) is 32.0 Å². The van der Waals surface area contributed by atoms with E-state index >= 15 is 0 Å². The van der Waals surface area contributed by atoms with Gasteiger partial charge in [-0.15, -0.1) is 0 Å². The van der Waals surface area contributed by atoms with Gasteiger partial charge in [0.2, 0.25) is 0 Å². The Bertz CT molecular complexity index is 1170. The number of hydrogen-bond acceptors (Lipinski definition) is 4. The Morgan fingerprint density at radius 1 is 1.17 bits per heavy atom. The molecule has 0 saturated heterocycles. The van der Waals surface area contributed by atoms with Crippen LogP contribution in [0.3, 0.4) is 0 Å². The van der Waals surface area contributed by atoms with Crippen molar-refractivity contribution >= 4 is 33.4 Å². The Morgan fingerprint density at radius 2 is 1.91 bits per heavy atom. The van der Waals surface area contributed by atoms with Crippen LogP contribution in [0.2, 0.25) is 0 Å². The summed E-state index contributed by atoms with van der Waals surface area (Å²) < 4.78 is 2.22. The fourth-order valence-corrected chi connectivity index (χ4v) is 3.65. The standard InChI is InChI=1S/C18H14N2O2S/c1-10-7-13-14(8-11(10)2)20-17(22)16(23-18(20)19-13)9-12-5-3-4-6-15(12)21/h3-9,21H,1-2H3/b16-9-. The van der Waals surface area contributed by atoms with E-state index in [-0.39, 0.29) is 11.3 Å². The van der Waals surface area contributed by atoms with Crippen LogP contribution < -0.4 is 10.1 Å². The lowest BCUT2D eigenvalue weighted by Gasteiger charge is -1.98. The van der Waals surface area contributed by atoms with E-state index in [0.717, 1.165) is 22.2 Å². The Balaban J connectivity index is 2.05. The summed E-state index contributed by atoms with van der Waals surface area (Å²) in [5, 5.41) is 9.88. The second-order valence-corrected chi connectivity index (χ2v) is 6.64. The number of rotatable bonds is 1. The maximum Gasteiger partial charge on any atom is 0.274 e. The second-order valence-electron chi connectivity index (χ2n) is 5.63. The van der Waals surface area contributed by atoms with Crippen molar-refractivity contribution in [2.24, 2.45) is 0 Å². The van der Waals surface area contributed by atoms with Crippen LogP contribution in [0.25, 0.3) is 22.1 Å². The summed E-state index contributed by atoms with van der Waals surface area (Å²) in [6.45, 7) is 4.07. The van der Waals surface area contributed by atoms with Gasteiger partial charge in [0.05, 0.1) is 15.6 Å². The van der Waals surface area contributed by atoms with Crippen LogP contribution in [0, 0.1) is 13.8 Å². The third-order valence-electron chi connectivity index (χ3n) is 4.08. The van der Waals surface area contributed by atoms with Gasteiger partial charge in [-0.25, -0.2) is 9.38 Å². The van der Waals surface area contributed by atoms with Crippen LogP contribution in [-0.4, -0.2) is 14.5 Å². The number of aryl methyl sites for hydroxylation is 2. The molecule has 0 fully saturated rings. The van der Waals surface area contributed by atoms with Crippen LogP contribution in [0.1, 0.15) is 16.7 Å². The average Bonchev–Trinajstić information content (AvgIpc) is 3.00. The molecular formula is C18H14N2O2S. The van der Waals surface area contributed by atoms with Crippen molar-refractivity contribution in [1.82, 2.24) is 9.38 Å². The molecule has 4 aromatic rings. The van der Waals surface area contributed by atoms with E-state index in [1.165, 1.54) is 11.3 Å². The number of fused-ring (bicyclic) bond motifs is 3. The van der Waals surface area contributed by atoms with Crippen molar-refractivity contribution in [3.8, 4) is 5.75 Å². The Hall–Kier alpha value is -2.66. The molecular weight excluding hydrogens is 308 g/mol. The Labute approximate surface area is 136 Å². The Kier molecular flexibility index (Phi) is 2.99. The lowest BCUT2D eigenvalue weighted by molar-refractivity contribution is 0.474. The predicted octanol–water partition coefficient (Wildman–Crippen LogP) is 2.78. The zero-order valence-electron chi connectivity index (χ0n) is 12.7. The minimum absolute atomic E-state index is 0.0981. The molecule has 0 aliphatic carbocycles. The summed E-state index contributed by atoms with van der Waals surface area (Å²) in [5.74, 6) is 0.161. The molecule has 4 rings (SSSR count). The van der Waals surface area contributed by atoms with Crippen molar-refractivity contribution in [2.75, 3.05) is 0 Å². The topological polar surface area (TPSA) is 54.6 Å². The third kappa shape index (κ3) is 2.12. The number of phenols is 1. The molecule has 1 N–H and O–H groups in total. The minimum Gasteiger partial charge on any atom is -0.507 e. The largest absolute Gasteiger partial charge is 0.507 e. The third-order valence-corrected chi connectivity index (χ3v) is 5.05. The number of aromatic nitrogens is 2. The van der Waals surface area contributed by atoms with Crippen molar-refractivity contribution in [3.05, 3.63) is 68.0 Å². The molecule has 0 radical (unpaired) electrons. The number of imidazole rings is 1. The van der Waals surface area contributed by atoms with Crippen LogP contribution in [0.15, 0.2) is 41.2 Å². The number of nitrogens with zero attached hydrogens (tertiary/aromatic N) is 2. The van der Waals surface area contributed by atoms with E-state index in [0.29, 0.717) is 15.1 Å². The normalized spacial score (nSPS) is 12.5. The molecule has 2 aromatic heterocycles. The van der Waals surface area contributed by atoms with Gasteiger partial charge in [-0.2, -0.15) is 0 Å². The highest BCUT2D eigenvalue weighted by atomic mass is 32.1.